The molecule has 0 spiro atoms. The average molecular weight is 399 g/mol. The van der Waals surface area contributed by atoms with Crippen LogP contribution < -0.4 is 9.88 Å². The van der Waals surface area contributed by atoms with Crippen LogP contribution in [0.15, 0.2) is 60.9 Å². The molecule has 1 unspecified atom stereocenters. The summed E-state index contributed by atoms with van der Waals surface area (Å²) < 4.78 is 28.4. The van der Waals surface area contributed by atoms with Gasteiger partial charge in [-0.3, -0.25) is 9.78 Å². The lowest BCUT2D eigenvalue weighted by atomic mass is 9.97. The maximum Gasteiger partial charge on any atom is 0.219 e. The minimum atomic E-state index is -3.95. The lowest BCUT2D eigenvalue weighted by Crippen LogP contribution is -2.40. The number of nitrogens with one attached hydrogen (secondary N) is 1. The smallest absolute Gasteiger partial charge is 0.219 e. The van der Waals surface area contributed by atoms with Crippen molar-refractivity contribution in [3.63, 3.8) is 0 Å². The Labute approximate surface area is 163 Å². The first kappa shape index (κ1) is 19.8. The van der Waals surface area contributed by atoms with Crippen LogP contribution in [0, 0.1) is 0 Å². The van der Waals surface area contributed by atoms with Crippen molar-refractivity contribution >= 4 is 15.8 Å². The SMILES string of the molecule is COc1ccc(C(=O)c2ccc(CC(C)(c3cccnc3)S(N)(=O)=O)[nH]2)cc1. The Balaban J connectivity index is 1.89. The largest absolute Gasteiger partial charge is 0.497 e. The number of primary sulfonamides is 1. The second kappa shape index (κ2) is 7.57. The zero-order valence-electron chi connectivity index (χ0n) is 15.5. The van der Waals surface area contributed by atoms with Gasteiger partial charge < -0.3 is 9.72 Å². The molecule has 2 heterocycles. The Morgan fingerprint density at radius 1 is 1.18 bits per heavy atom. The summed E-state index contributed by atoms with van der Waals surface area (Å²) in [5.74, 6) is 0.455. The Morgan fingerprint density at radius 2 is 1.89 bits per heavy atom. The zero-order chi connectivity index (χ0) is 20.4. The summed E-state index contributed by atoms with van der Waals surface area (Å²) >= 11 is 0. The van der Waals surface area contributed by atoms with Gasteiger partial charge in [0.2, 0.25) is 15.8 Å². The molecule has 2 aromatic heterocycles. The molecule has 0 radical (unpaired) electrons. The molecule has 0 bridgehead atoms. The highest BCUT2D eigenvalue weighted by Crippen LogP contribution is 2.31. The number of carbonyl (C=O) groups excluding carboxylic acids is 1. The van der Waals surface area contributed by atoms with E-state index in [4.69, 9.17) is 9.88 Å². The zero-order valence-corrected chi connectivity index (χ0v) is 16.4. The molecule has 8 heteroatoms. The summed E-state index contributed by atoms with van der Waals surface area (Å²) in [6, 6.07) is 13.4. The van der Waals surface area contributed by atoms with Crippen molar-refractivity contribution in [1.29, 1.82) is 0 Å². The van der Waals surface area contributed by atoms with E-state index in [1.165, 1.54) is 6.20 Å². The minimum absolute atomic E-state index is 0.0768. The second-order valence-electron chi connectivity index (χ2n) is 6.65. The van der Waals surface area contributed by atoms with E-state index < -0.39 is 14.8 Å². The van der Waals surface area contributed by atoms with E-state index in [2.05, 4.69) is 9.97 Å². The first-order valence-electron chi connectivity index (χ1n) is 8.54. The molecular formula is C20H21N3O4S. The van der Waals surface area contributed by atoms with Crippen molar-refractivity contribution in [3.8, 4) is 5.75 Å². The normalized spacial score (nSPS) is 13.7. The Kier molecular flexibility index (Phi) is 5.35. The predicted molar refractivity (Wildman–Crippen MR) is 106 cm³/mol. The Morgan fingerprint density at radius 3 is 2.46 bits per heavy atom. The summed E-state index contributed by atoms with van der Waals surface area (Å²) in [5.41, 5.74) is 1.92. The van der Waals surface area contributed by atoms with Gasteiger partial charge in [0, 0.05) is 30.1 Å². The highest BCUT2D eigenvalue weighted by atomic mass is 32.2. The van der Waals surface area contributed by atoms with Crippen LogP contribution in [0.5, 0.6) is 5.75 Å². The van der Waals surface area contributed by atoms with Gasteiger partial charge in [-0.05, 0) is 55.0 Å². The molecule has 0 saturated carbocycles. The monoisotopic (exact) mass is 399 g/mol. The van der Waals surface area contributed by atoms with Gasteiger partial charge in [-0.25, -0.2) is 13.6 Å². The van der Waals surface area contributed by atoms with Crippen molar-refractivity contribution in [1.82, 2.24) is 9.97 Å². The number of H-pyrrole nitrogens is 1. The molecule has 0 fully saturated rings. The topological polar surface area (TPSA) is 115 Å². The van der Waals surface area contributed by atoms with Crippen LogP contribution in [0.2, 0.25) is 0 Å². The van der Waals surface area contributed by atoms with E-state index in [-0.39, 0.29) is 12.2 Å². The van der Waals surface area contributed by atoms with Crippen molar-refractivity contribution in [2.75, 3.05) is 7.11 Å². The van der Waals surface area contributed by atoms with Gasteiger partial charge in [0.15, 0.2) is 0 Å². The average Bonchev–Trinajstić information content (AvgIpc) is 3.15. The predicted octanol–water partition coefficient (Wildman–Crippen LogP) is 2.40. The van der Waals surface area contributed by atoms with Gasteiger partial charge in [0.25, 0.3) is 0 Å². The number of sulfonamides is 1. The summed E-state index contributed by atoms with van der Waals surface area (Å²) in [7, 11) is -2.39. The number of hydrogen-bond donors (Lipinski definition) is 2. The molecule has 1 aromatic carbocycles. The molecule has 0 saturated heterocycles. The number of ether oxygens (including phenoxy) is 1. The first-order valence-corrected chi connectivity index (χ1v) is 10.1. The maximum absolute atomic E-state index is 12.7. The number of ketones is 1. The number of methoxy groups -OCH3 is 1. The van der Waals surface area contributed by atoms with Crippen molar-refractivity contribution in [3.05, 3.63) is 83.4 Å². The molecule has 3 aromatic rings. The number of carbonyl (C=O) groups is 1. The molecule has 0 aliphatic rings. The fourth-order valence-electron chi connectivity index (χ4n) is 2.98. The van der Waals surface area contributed by atoms with E-state index in [0.29, 0.717) is 28.3 Å². The van der Waals surface area contributed by atoms with Crippen LogP contribution in [-0.2, 0) is 21.2 Å². The second-order valence-corrected chi connectivity index (χ2v) is 8.64. The van der Waals surface area contributed by atoms with Gasteiger partial charge in [-0.2, -0.15) is 0 Å². The number of rotatable bonds is 7. The Hall–Kier alpha value is -2.97. The molecule has 146 valence electrons. The third-order valence-corrected chi connectivity index (χ3v) is 6.41. The van der Waals surface area contributed by atoms with E-state index in [1.807, 2.05) is 0 Å². The van der Waals surface area contributed by atoms with E-state index >= 15 is 0 Å². The fraction of sp³-hybridized carbons (Fsp3) is 0.200. The summed E-state index contributed by atoms with van der Waals surface area (Å²) in [6.07, 6.45) is 3.12. The summed E-state index contributed by atoms with van der Waals surface area (Å²) in [5, 5.41) is 5.53. The molecule has 3 N–H and O–H groups in total. The van der Waals surface area contributed by atoms with Gasteiger partial charge in [-0.15, -0.1) is 0 Å². The summed E-state index contributed by atoms with van der Waals surface area (Å²) in [6.45, 7) is 1.55. The fourth-order valence-corrected chi connectivity index (χ4v) is 3.79. The highest BCUT2D eigenvalue weighted by molar-refractivity contribution is 7.90. The van der Waals surface area contributed by atoms with E-state index in [0.717, 1.165) is 0 Å². The van der Waals surface area contributed by atoms with E-state index in [9.17, 15) is 13.2 Å². The van der Waals surface area contributed by atoms with Crippen molar-refractivity contribution < 1.29 is 17.9 Å². The molecular weight excluding hydrogens is 378 g/mol. The standard InChI is InChI=1S/C20H21N3O4S/c1-20(28(21,25)26,15-4-3-11-22-13-15)12-16-7-10-18(23-16)19(24)14-5-8-17(27-2)9-6-14/h3-11,13,23H,12H2,1-2H3,(H2,21,25,26). The third-order valence-electron chi connectivity index (χ3n) is 4.77. The van der Waals surface area contributed by atoms with Gasteiger partial charge in [0.1, 0.15) is 10.5 Å². The van der Waals surface area contributed by atoms with Crippen LogP contribution >= 0.6 is 0 Å². The number of aromatic nitrogens is 2. The number of nitrogens with two attached hydrogens (primary N) is 1. The minimum Gasteiger partial charge on any atom is -0.497 e. The molecule has 0 aliphatic heterocycles. The number of nitrogens with zero attached hydrogens (tertiary/aromatic N) is 1. The van der Waals surface area contributed by atoms with Crippen LogP contribution in [0.4, 0.5) is 0 Å². The van der Waals surface area contributed by atoms with Gasteiger partial charge >= 0.3 is 0 Å². The molecule has 28 heavy (non-hydrogen) atoms. The molecule has 0 amide bonds. The van der Waals surface area contributed by atoms with Crippen LogP contribution in [0.3, 0.4) is 0 Å². The van der Waals surface area contributed by atoms with Crippen molar-refractivity contribution in [2.24, 2.45) is 5.14 Å². The molecule has 1 atom stereocenters. The number of hydrogen-bond acceptors (Lipinski definition) is 5. The number of aromatic amines is 1. The van der Waals surface area contributed by atoms with Crippen LogP contribution in [-0.4, -0.2) is 31.3 Å². The van der Waals surface area contributed by atoms with Gasteiger partial charge in [-0.1, -0.05) is 6.07 Å². The number of pyridine rings is 1. The Bertz CT molecular complexity index is 1080. The van der Waals surface area contributed by atoms with Crippen LogP contribution in [0.25, 0.3) is 0 Å². The van der Waals surface area contributed by atoms with Crippen LogP contribution in [0.1, 0.15) is 34.2 Å². The first-order chi connectivity index (χ1) is 13.2. The highest BCUT2D eigenvalue weighted by Gasteiger charge is 2.39. The quantitative estimate of drug-likeness (QED) is 0.592. The maximum atomic E-state index is 12.7. The molecule has 0 aliphatic carbocycles. The lowest BCUT2D eigenvalue weighted by molar-refractivity contribution is 0.103. The van der Waals surface area contributed by atoms with E-state index in [1.54, 1.807) is 68.8 Å². The third kappa shape index (κ3) is 3.83. The molecule has 3 rings (SSSR count). The molecule has 7 nitrogen and oxygen atoms in total. The number of benzene rings is 1. The van der Waals surface area contributed by atoms with Crippen molar-refractivity contribution in [2.45, 2.75) is 18.1 Å². The van der Waals surface area contributed by atoms with Gasteiger partial charge in [0.05, 0.1) is 12.8 Å². The lowest BCUT2D eigenvalue weighted by Gasteiger charge is -2.26. The summed E-state index contributed by atoms with van der Waals surface area (Å²) in [4.78, 5) is 19.7.